The SMILES string of the molecule is C/[C]=C/NCCCCSc1ccccc1. The third-order valence-electron chi connectivity index (χ3n) is 1.97. The maximum absolute atomic E-state index is 3.19. The number of nitrogens with one attached hydrogen (secondary N) is 1. The predicted molar refractivity (Wildman–Crippen MR) is 67.9 cm³/mol. The minimum absolute atomic E-state index is 1.05. The molecule has 0 atom stereocenters. The van der Waals surface area contributed by atoms with Crippen molar-refractivity contribution in [2.75, 3.05) is 12.3 Å². The molecule has 2 heteroatoms. The van der Waals surface area contributed by atoms with Crippen LogP contribution in [0.4, 0.5) is 0 Å². The molecule has 0 unspecified atom stereocenters. The van der Waals surface area contributed by atoms with Gasteiger partial charge >= 0.3 is 0 Å². The first-order chi connectivity index (χ1) is 7.43. The van der Waals surface area contributed by atoms with Gasteiger partial charge in [0.2, 0.25) is 0 Å². The van der Waals surface area contributed by atoms with Gasteiger partial charge in [0, 0.05) is 11.4 Å². The van der Waals surface area contributed by atoms with E-state index in [1.54, 1.807) is 0 Å². The molecule has 0 saturated carbocycles. The summed E-state index contributed by atoms with van der Waals surface area (Å²) in [4.78, 5) is 1.37. The van der Waals surface area contributed by atoms with Crippen molar-refractivity contribution in [3.8, 4) is 0 Å². The fraction of sp³-hybridized carbons (Fsp3) is 0.385. The highest BCUT2D eigenvalue weighted by Gasteiger charge is 1.92. The fourth-order valence-electron chi connectivity index (χ4n) is 1.21. The van der Waals surface area contributed by atoms with E-state index in [1.807, 2.05) is 24.9 Å². The standard InChI is InChI=1S/C13H18NS/c1-2-10-14-11-6-7-12-15-13-8-4-3-5-9-13/h3-5,8-10,14H,6-7,11-12H2,1H3. The maximum Gasteiger partial charge on any atom is 0.0141 e. The molecule has 0 bridgehead atoms. The Balaban J connectivity index is 1.98. The van der Waals surface area contributed by atoms with Crippen molar-refractivity contribution in [1.82, 2.24) is 5.32 Å². The van der Waals surface area contributed by atoms with E-state index < -0.39 is 0 Å². The van der Waals surface area contributed by atoms with E-state index in [2.05, 4.69) is 41.7 Å². The normalized spacial score (nSPS) is 10.7. The van der Waals surface area contributed by atoms with Crippen molar-refractivity contribution in [1.29, 1.82) is 0 Å². The summed E-state index contributed by atoms with van der Waals surface area (Å²) in [6, 6.07) is 10.6. The van der Waals surface area contributed by atoms with E-state index in [-0.39, 0.29) is 0 Å². The molecule has 15 heavy (non-hydrogen) atoms. The van der Waals surface area contributed by atoms with Crippen LogP contribution in [0, 0.1) is 6.08 Å². The second kappa shape index (κ2) is 8.42. The molecule has 1 N–H and O–H groups in total. The molecule has 0 saturated heterocycles. The molecule has 0 aromatic heterocycles. The van der Waals surface area contributed by atoms with Crippen LogP contribution in [-0.4, -0.2) is 12.3 Å². The largest absolute Gasteiger partial charge is 0.391 e. The van der Waals surface area contributed by atoms with Crippen LogP contribution in [0.1, 0.15) is 19.8 Å². The van der Waals surface area contributed by atoms with Gasteiger partial charge in [-0.3, -0.25) is 0 Å². The van der Waals surface area contributed by atoms with Gasteiger partial charge in [0.15, 0.2) is 0 Å². The van der Waals surface area contributed by atoms with Crippen LogP contribution in [-0.2, 0) is 0 Å². The lowest BCUT2D eigenvalue weighted by Gasteiger charge is -2.01. The quantitative estimate of drug-likeness (QED) is 0.557. The lowest BCUT2D eigenvalue weighted by molar-refractivity contribution is 0.738. The Morgan fingerprint density at radius 2 is 2.07 bits per heavy atom. The Labute approximate surface area is 97.0 Å². The van der Waals surface area contributed by atoms with Crippen LogP contribution in [0.3, 0.4) is 0 Å². The van der Waals surface area contributed by atoms with Crippen molar-refractivity contribution in [2.45, 2.75) is 24.7 Å². The van der Waals surface area contributed by atoms with E-state index in [0.29, 0.717) is 0 Å². The molecule has 1 aromatic carbocycles. The molecule has 0 fully saturated rings. The molecule has 0 aliphatic rings. The highest BCUT2D eigenvalue weighted by Crippen LogP contribution is 2.17. The Kier molecular flexibility index (Phi) is 6.84. The van der Waals surface area contributed by atoms with Crippen LogP contribution < -0.4 is 5.32 Å². The first-order valence-corrected chi connectivity index (χ1v) is 6.32. The molecule has 1 nitrogen and oxygen atoms in total. The monoisotopic (exact) mass is 220 g/mol. The topological polar surface area (TPSA) is 12.0 Å². The van der Waals surface area contributed by atoms with Gasteiger partial charge in [-0.1, -0.05) is 18.2 Å². The number of rotatable bonds is 7. The van der Waals surface area contributed by atoms with Gasteiger partial charge in [0.05, 0.1) is 0 Å². The molecule has 0 aliphatic heterocycles. The number of allylic oxidation sites excluding steroid dienone is 1. The third kappa shape index (κ3) is 6.24. The van der Waals surface area contributed by atoms with Crippen LogP contribution >= 0.6 is 11.8 Å². The first-order valence-electron chi connectivity index (χ1n) is 5.33. The summed E-state index contributed by atoms with van der Waals surface area (Å²) in [7, 11) is 0. The van der Waals surface area contributed by atoms with E-state index >= 15 is 0 Å². The zero-order valence-electron chi connectivity index (χ0n) is 9.20. The van der Waals surface area contributed by atoms with Gasteiger partial charge in [0.1, 0.15) is 0 Å². The number of thioether (sulfide) groups is 1. The zero-order valence-corrected chi connectivity index (χ0v) is 10.0. The average Bonchev–Trinajstić information content (AvgIpc) is 2.29. The van der Waals surface area contributed by atoms with Gasteiger partial charge in [0.25, 0.3) is 0 Å². The molecular weight excluding hydrogens is 202 g/mol. The predicted octanol–water partition coefficient (Wildman–Crippen LogP) is 3.49. The lowest BCUT2D eigenvalue weighted by atomic mass is 10.3. The van der Waals surface area contributed by atoms with Gasteiger partial charge in [-0.2, -0.15) is 0 Å². The Morgan fingerprint density at radius 1 is 1.27 bits per heavy atom. The summed E-state index contributed by atoms with van der Waals surface area (Å²) in [6.07, 6.45) is 7.30. The molecular formula is C13H18NS. The van der Waals surface area contributed by atoms with E-state index in [9.17, 15) is 0 Å². The van der Waals surface area contributed by atoms with Crippen molar-refractivity contribution < 1.29 is 0 Å². The first kappa shape index (κ1) is 12.2. The molecule has 0 aliphatic carbocycles. The van der Waals surface area contributed by atoms with E-state index in [0.717, 1.165) is 6.54 Å². The second-order valence-corrected chi connectivity index (χ2v) is 4.42. The fourth-order valence-corrected chi connectivity index (χ4v) is 2.14. The summed E-state index contributed by atoms with van der Waals surface area (Å²) in [6.45, 7) is 2.95. The van der Waals surface area contributed by atoms with Gasteiger partial charge in [-0.15, -0.1) is 11.8 Å². The van der Waals surface area contributed by atoms with Crippen LogP contribution in [0.25, 0.3) is 0 Å². The smallest absolute Gasteiger partial charge is 0.0141 e. The summed E-state index contributed by atoms with van der Waals surface area (Å²) >= 11 is 1.93. The Morgan fingerprint density at radius 3 is 2.80 bits per heavy atom. The summed E-state index contributed by atoms with van der Waals surface area (Å²) < 4.78 is 0. The summed E-state index contributed by atoms with van der Waals surface area (Å²) in [5.41, 5.74) is 0. The number of hydrogen-bond donors (Lipinski definition) is 1. The van der Waals surface area contributed by atoms with E-state index in [4.69, 9.17) is 0 Å². The second-order valence-electron chi connectivity index (χ2n) is 3.26. The van der Waals surface area contributed by atoms with Crippen molar-refractivity contribution in [3.63, 3.8) is 0 Å². The van der Waals surface area contributed by atoms with Crippen molar-refractivity contribution in [2.24, 2.45) is 0 Å². The highest BCUT2D eigenvalue weighted by molar-refractivity contribution is 7.99. The molecule has 1 rings (SSSR count). The molecule has 1 aromatic rings. The minimum Gasteiger partial charge on any atom is -0.391 e. The van der Waals surface area contributed by atoms with Gasteiger partial charge in [-0.25, -0.2) is 0 Å². The van der Waals surface area contributed by atoms with Gasteiger partial charge in [-0.05, 0) is 49.9 Å². The minimum atomic E-state index is 1.05. The van der Waals surface area contributed by atoms with Crippen molar-refractivity contribution in [3.05, 3.63) is 42.6 Å². The third-order valence-corrected chi connectivity index (χ3v) is 3.07. The number of unbranched alkanes of at least 4 members (excludes halogenated alkanes) is 1. The molecule has 0 amide bonds. The maximum atomic E-state index is 3.19. The van der Waals surface area contributed by atoms with Crippen LogP contribution in [0.15, 0.2) is 41.4 Å². The van der Waals surface area contributed by atoms with Crippen molar-refractivity contribution >= 4 is 11.8 Å². The van der Waals surface area contributed by atoms with Gasteiger partial charge < -0.3 is 5.32 Å². The average molecular weight is 220 g/mol. The molecule has 0 spiro atoms. The molecule has 1 radical (unpaired) electrons. The molecule has 0 heterocycles. The van der Waals surface area contributed by atoms with Crippen LogP contribution in [0.2, 0.25) is 0 Å². The summed E-state index contributed by atoms with van der Waals surface area (Å²) in [5, 5.41) is 3.19. The van der Waals surface area contributed by atoms with E-state index in [1.165, 1.54) is 23.5 Å². The highest BCUT2D eigenvalue weighted by atomic mass is 32.2. The zero-order chi connectivity index (χ0) is 10.8. The lowest BCUT2D eigenvalue weighted by Crippen LogP contribution is -2.06. The number of benzene rings is 1. The van der Waals surface area contributed by atoms with Crippen LogP contribution in [0.5, 0.6) is 0 Å². The summed E-state index contributed by atoms with van der Waals surface area (Å²) in [5.74, 6) is 1.20. The number of hydrogen-bond acceptors (Lipinski definition) is 2. The Bertz CT molecular complexity index is 269. The molecule has 81 valence electrons. The Hall–Kier alpha value is -0.890.